The van der Waals surface area contributed by atoms with E-state index < -0.39 is 0 Å². The van der Waals surface area contributed by atoms with Crippen LogP contribution in [-0.2, 0) is 4.74 Å². The molecule has 0 aromatic heterocycles. The topological polar surface area (TPSA) is 24.5 Å². The van der Waals surface area contributed by atoms with Crippen LogP contribution < -0.4 is 5.32 Å². The maximum Gasteiger partial charge on any atom is 0.0587 e. The fraction of sp³-hybridized carbons (Fsp3) is 1.00. The lowest BCUT2D eigenvalue weighted by Gasteiger charge is -2.35. The second kappa shape index (κ2) is 9.28. The highest BCUT2D eigenvalue weighted by Crippen LogP contribution is 2.16. The molecule has 0 radical (unpaired) electrons. The zero-order valence-corrected chi connectivity index (χ0v) is 11.5. The van der Waals surface area contributed by atoms with Gasteiger partial charge >= 0.3 is 0 Å². The van der Waals surface area contributed by atoms with Gasteiger partial charge in [0.25, 0.3) is 0 Å². The number of nitrogens with one attached hydrogen (secondary N) is 1. The van der Waals surface area contributed by atoms with Gasteiger partial charge in [0.05, 0.1) is 6.61 Å². The normalized spacial score (nSPS) is 22.5. The zero-order chi connectivity index (χ0) is 11.6. The van der Waals surface area contributed by atoms with Crippen molar-refractivity contribution in [2.24, 2.45) is 0 Å². The van der Waals surface area contributed by atoms with Gasteiger partial charge in [0.1, 0.15) is 0 Å². The minimum Gasteiger partial charge on any atom is -0.383 e. The first-order chi connectivity index (χ1) is 7.88. The van der Waals surface area contributed by atoms with E-state index in [1.807, 2.05) is 11.8 Å². The Bertz CT molecular complexity index is 169. The van der Waals surface area contributed by atoms with E-state index >= 15 is 0 Å². The molecule has 3 nitrogen and oxygen atoms in total. The van der Waals surface area contributed by atoms with Crippen LogP contribution in [0.2, 0.25) is 0 Å². The molecule has 0 aromatic rings. The van der Waals surface area contributed by atoms with Crippen LogP contribution in [0.25, 0.3) is 0 Å². The van der Waals surface area contributed by atoms with Gasteiger partial charge in [0, 0.05) is 38.5 Å². The van der Waals surface area contributed by atoms with Gasteiger partial charge in [-0.05, 0) is 25.6 Å². The Morgan fingerprint density at radius 1 is 1.44 bits per heavy atom. The maximum atomic E-state index is 5.04. The van der Waals surface area contributed by atoms with Crippen LogP contribution in [0.1, 0.15) is 19.3 Å². The monoisotopic (exact) mass is 246 g/mol. The van der Waals surface area contributed by atoms with Gasteiger partial charge in [-0.25, -0.2) is 0 Å². The van der Waals surface area contributed by atoms with E-state index in [1.165, 1.54) is 38.1 Å². The molecular formula is C12H26N2OS. The van der Waals surface area contributed by atoms with Gasteiger partial charge < -0.3 is 10.1 Å². The van der Waals surface area contributed by atoms with Crippen molar-refractivity contribution >= 4 is 11.8 Å². The third-order valence-electron chi connectivity index (χ3n) is 3.19. The Labute approximate surface area is 104 Å². The molecule has 16 heavy (non-hydrogen) atoms. The Kier molecular flexibility index (Phi) is 8.29. The summed E-state index contributed by atoms with van der Waals surface area (Å²) in [6.07, 6.45) is 6.32. The van der Waals surface area contributed by atoms with Crippen molar-refractivity contribution in [3.63, 3.8) is 0 Å². The number of hydrogen-bond acceptors (Lipinski definition) is 4. The SMILES string of the molecule is COCCNCC1CCCCN1CCSC. The summed E-state index contributed by atoms with van der Waals surface area (Å²) in [5.74, 6) is 1.26. The second-order valence-corrected chi connectivity index (χ2v) is 5.36. The van der Waals surface area contributed by atoms with Crippen molar-refractivity contribution in [1.82, 2.24) is 10.2 Å². The van der Waals surface area contributed by atoms with E-state index in [2.05, 4.69) is 16.5 Å². The van der Waals surface area contributed by atoms with Gasteiger partial charge in [0.15, 0.2) is 0 Å². The molecule has 0 aliphatic carbocycles. The van der Waals surface area contributed by atoms with E-state index in [1.54, 1.807) is 7.11 Å². The Balaban J connectivity index is 2.18. The van der Waals surface area contributed by atoms with Crippen LogP contribution in [0.5, 0.6) is 0 Å². The molecule has 0 bridgehead atoms. The molecule has 1 saturated heterocycles. The highest BCUT2D eigenvalue weighted by Gasteiger charge is 2.20. The largest absolute Gasteiger partial charge is 0.383 e. The average Bonchev–Trinajstić information content (AvgIpc) is 2.33. The molecule has 1 rings (SSSR count). The number of thioether (sulfide) groups is 1. The lowest BCUT2D eigenvalue weighted by atomic mass is 10.0. The van der Waals surface area contributed by atoms with Crippen LogP contribution >= 0.6 is 11.8 Å². The summed E-state index contributed by atoms with van der Waals surface area (Å²) in [6, 6.07) is 0.748. The zero-order valence-electron chi connectivity index (χ0n) is 10.7. The predicted molar refractivity (Wildman–Crippen MR) is 72.3 cm³/mol. The molecule has 1 N–H and O–H groups in total. The highest BCUT2D eigenvalue weighted by atomic mass is 32.2. The first-order valence-corrected chi connectivity index (χ1v) is 7.70. The Morgan fingerprint density at radius 2 is 2.31 bits per heavy atom. The van der Waals surface area contributed by atoms with E-state index in [4.69, 9.17) is 4.74 Å². The molecule has 0 saturated carbocycles. The molecule has 4 heteroatoms. The number of methoxy groups -OCH3 is 1. The van der Waals surface area contributed by atoms with Crippen molar-refractivity contribution in [2.75, 3.05) is 51.9 Å². The van der Waals surface area contributed by atoms with E-state index in [-0.39, 0.29) is 0 Å². The standard InChI is InChI=1S/C12H26N2OS/c1-15-9-6-13-11-12-5-3-4-7-14(12)8-10-16-2/h12-13H,3-11H2,1-2H3. The fourth-order valence-electron chi connectivity index (χ4n) is 2.24. The number of nitrogens with zero attached hydrogens (tertiary/aromatic N) is 1. The number of likely N-dealkylation sites (tertiary alicyclic amines) is 1. The van der Waals surface area contributed by atoms with Crippen LogP contribution in [0, 0.1) is 0 Å². The summed E-state index contributed by atoms with van der Waals surface area (Å²) >= 11 is 1.95. The summed E-state index contributed by atoms with van der Waals surface area (Å²) in [5.41, 5.74) is 0. The van der Waals surface area contributed by atoms with Crippen molar-refractivity contribution in [1.29, 1.82) is 0 Å². The van der Waals surface area contributed by atoms with Crippen molar-refractivity contribution in [2.45, 2.75) is 25.3 Å². The molecule has 1 unspecified atom stereocenters. The van der Waals surface area contributed by atoms with Crippen molar-refractivity contribution in [3.05, 3.63) is 0 Å². The summed E-state index contributed by atoms with van der Waals surface area (Å²) in [4.78, 5) is 2.65. The minimum absolute atomic E-state index is 0.748. The molecule has 0 amide bonds. The van der Waals surface area contributed by atoms with Gasteiger partial charge in [-0.3, -0.25) is 4.90 Å². The van der Waals surface area contributed by atoms with Crippen LogP contribution in [0.3, 0.4) is 0 Å². The highest BCUT2D eigenvalue weighted by molar-refractivity contribution is 7.98. The number of hydrogen-bond donors (Lipinski definition) is 1. The predicted octanol–water partition coefficient (Wildman–Crippen LogP) is 1.44. The summed E-state index contributed by atoms with van der Waals surface area (Å²) in [5, 5.41) is 3.49. The van der Waals surface area contributed by atoms with E-state index in [0.717, 1.165) is 25.7 Å². The van der Waals surface area contributed by atoms with Crippen molar-refractivity contribution in [3.8, 4) is 0 Å². The fourth-order valence-corrected chi connectivity index (χ4v) is 2.65. The number of piperidine rings is 1. The van der Waals surface area contributed by atoms with Crippen LogP contribution in [0.4, 0.5) is 0 Å². The summed E-state index contributed by atoms with van der Waals surface area (Å²) in [6.45, 7) is 5.45. The number of rotatable bonds is 8. The second-order valence-electron chi connectivity index (χ2n) is 4.38. The van der Waals surface area contributed by atoms with Crippen molar-refractivity contribution < 1.29 is 4.74 Å². The maximum absolute atomic E-state index is 5.04. The first-order valence-electron chi connectivity index (χ1n) is 6.31. The van der Waals surface area contributed by atoms with Gasteiger partial charge in [-0.15, -0.1) is 0 Å². The molecule has 1 atom stereocenters. The summed E-state index contributed by atoms with van der Waals surface area (Å²) < 4.78 is 5.04. The lowest BCUT2D eigenvalue weighted by molar-refractivity contribution is 0.148. The Hall–Kier alpha value is 0.230. The molecule has 1 aliphatic rings. The molecule has 1 heterocycles. The first kappa shape index (κ1) is 14.3. The minimum atomic E-state index is 0.748. The third-order valence-corrected chi connectivity index (χ3v) is 3.79. The smallest absolute Gasteiger partial charge is 0.0587 e. The van der Waals surface area contributed by atoms with Gasteiger partial charge in [-0.2, -0.15) is 11.8 Å². The van der Waals surface area contributed by atoms with E-state index in [9.17, 15) is 0 Å². The molecule has 0 aromatic carbocycles. The lowest BCUT2D eigenvalue weighted by Crippen LogP contribution is -2.46. The molecule has 1 aliphatic heterocycles. The third kappa shape index (κ3) is 5.53. The molecule has 96 valence electrons. The number of ether oxygens (including phenoxy) is 1. The van der Waals surface area contributed by atoms with E-state index in [0.29, 0.717) is 0 Å². The van der Waals surface area contributed by atoms with Gasteiger partial charge in [0.2, 0.25) is 0 Å². The molecular weight excluding hydrogens is 220 g/mol. The quantitative estimate of drug-likeness (QED) is 0.655. The molecule has 1 fully saturated rings. The average molecular weight is 246 g/mol. The van der Waals surface area contributed by atoms with Gasteiger partial charge in [-0.1, -0.05) is 6.42 Å². The summed E-state index contributed by atoms with van der Waals surface area (Å²) in [7, 11) is 1.76. The van der Waals surface area contributed by atoms with Crippen LogP contribution in [0.15, 0.2) is 0 Å². The molecule has 0 spiro atoms. The van der Waals surface area contributed by atoms with Crippen LogP contribution in [-0.4, -0.2) is 62.8 Å². The Morgan fingerprint density at radius 3 is 3.06 bits per heavy atom.